The van der Waals surface area contributed by atoms with Crippen LogP contribution in [0, 0.1) is 22.7 Å². The van der Waals surface area contributed by atoms with Crippen molar-refractivity contribution in [1.82, 2.24) is 0 Å². The Bertz CT molecular complexity index is 730. The van der Waals surface area contributed by atoms with Gasteiger partial charge in [0.05, 0.1) is 16.4 Å². The second-order valence-electron chi connectivity index (χ2n) is 9.08. The minimum atomic E-state index is -1.51. The van der Waals surface area contributed by atoms with E-state index in [9.17, 15) is 24.6 Å². The molecule has 0 radical (unpaired) electrons. The Balaban J connectivity index is 2.80. The van der Waals surface area contributed by atoms with Gasteiger partial charge in [0, 0.05) is 11.8 Å². The van der Waals surface area contributed by atoms with Crippen molar-refractivity contribution in [2.24, 2.45) is 22.7 Å². The van der Waals surface area contributed by atoms with E-state index >= 15 is 0 Å². The van der Waals surface area contributed by atoms with E-state index in [1.54, 1.807) is 27.7 Å². The first-order valence-corrected chi connectivity index (χ1v) is 9.14. The molecule has 2 rings (SSSR count). The maximum Gasteiger partial charge on any atom is 0.183 e. The van der Waals surface area contributed by atoms with E-state index in [2.05, 4.69) is 0 Å². The Morgan fingerprint density at radius 1 is 1.31 bits per heavy atom. The Morgan fingerprint density at radius 3 is 2.27 bits per heavy atom. The molecule has 2 bridgehead atoms. The Labute approximate surface area is 155 Å². The number of carbonyl (C=O) groups excluding carboxylic acids is 3. The third kappa shape index (κ3) is 2.68. The number of ketones is 3. The molecule has 0 amide bonds. The van der Waals surface area contributed by atoms with E-state index in [1.807, 2.05) is 19.9 Å². The number of rotatable bonds is 5. The van der Waals surface area contributed by atoms with E-state index in [-0.39, 0.29) is 18.4 Å². The number of aliphatic hydroxyl groups excluding tert-OH is 1. The van der Waals surface area contributed by atoms with Gasteiger partial charge >= 0.3 is 0 Å². The number of fused-ring (bicyclic) bond motifs is 2. The van der Waals surface area contributed by atoms with Crippen molar-refractivity contribution in [2.75, 3.05) is 0 Å². The fourth-order valence-electron chi connectivity index (χ4n) is 4.50. The molecule has 1 saturated carbocycles. The number of aliphatic hydroxyl groups is 2. The molecular formula is C21H30O5. The van der Waals surface area contributed by atoms with Gasteiger partial charge in [-0.3, -0.25) is 14.4 Å². The van der Waals surface area contributed by atoms with Crippen molar-refractivity contribution in [3.8, 4) is 0 Å². The lowest BCUT2D eigenvalue weighted by Gasteiger charge is -2.38. The smallest absolute Gasteiger partial charge is 0.183 e. The summed E-state index contributed by atoms with van der Waals surface area (Å²) in [5.74, 6) is -3.07. The molecule has 5 nitrogen and oxygen atoms in total. The monoisotopic (exact) mass is 362 g/mol. The summed E-state index contributed by atoms with van der Waals surface area (Å²) >= 11 is 0. The number of carbonyl (C=O) groups is 3. The highest BCUT2D eigenvalue weighted by atomic mass is 16.3. The van der Waals surface area contributed by atoms with E-state index in [0.29, 0.717) is 0 Å². The van der Waals surface area contributed by atoms with Gasteiger partial charge in [0.25, 0.3) is 0 Å². The van der Waals surface area contributed by atoms with Gasteiger partial charge in [-0.1, -0.05) is 25.5 Å². The molecule has 26 heavy (non-hydrogen) atoms. The fourth-order valence-corrected chi connectivity index (χ4v) is 4.50. The number of hydrogen-bond acceptors (Lipinski definition) is 5. The van der Waals surface area contributed by atoms with Gasteiger partial charge < -0.3 is 10.2 Å². The van der Waals surface area contributed by atoms with Crippen LogP contribution in [-0.2, 0) is 14.4 Å². The Morgan fingerprint density at radius 2 is 1.85 bits per heavy atom. The molecule has 2 aliphatic rings. The van der Waals surface area contributed by atoms with Gasteiger partial charge in [0.1, 0.15) is 11.3 Å². The third-order valence-corrected chi connectivity index (χ3v) is 6.03. The predicted octanol–water partition coefficient (Wildman–Crippen LogP) is 3.32. The van der Waals surface area contributed by atoms with Gasteiger partial charge in [-0.2, -0.15) is 0 Å². The zero-order valence-corrected chi connectivity index (χ0v) is 16.8. The molecule has 2 N–H and O–H groups in total. The van der Waals surface area contributed by atoms with Gasteiger partial charge in [0.2, 0.25) is 0 Å². The molecule has 0 aliphatic heterocycles. The molecule has 2 aliphatic carbocycles. The SMILES string of the molecule is CC(C)=CC[C@@]12C[C@@H](C(C)(C)O)[C@@](C)(C(=O)C(C(=O)C(C)C)=C1O)C2=O. The molecule has 0 saturated heterocycles. The van der Waals surface area contributed by atoms with Crippen molar-refractivity contribution in [3.05, 3.63) is 23.0 Å². The highest BCUT2D eigenvalue weighted by Gasteiger charge is 2.71. The average molecular weight is 362 g/mol. The quantitative estimate of drug-likeness (QED) is 0.445. The molecule has 0 aromatic heterocycles. The first kappa shape index (κ1) is 20.6. The summed E-state index contributed by atoms with van der Waals surface area (Å²) in [6, 6.07) is 0. The molecule has 0 unspecified atom stereocenters. The first-order chi connectivity index (χ1) is 11.7. The van der Waals surface area contributed by atoms with E-state index in [0.717, 1.165) is 5.57 Å². The van der Waals surface area contributed by atoms with Crippen LogP contribution >= 0.6 is 0 Å². The van der Waals surface area contributed by atoms with Crippen LogP contribution in [0.15, 0.2) is 23.0 Å². The molecule has 3 atom stereocenters. The number of Topliss-reactive ketones (excluding diaryl/α,β-unsaturated/α-hetero) is 3. The predicted molar refractivity (Wildman–Crippen MR) is 98.5 cm³/mol. The minimum Gasteiger partial charge on any atom is -0.510 e. The van der Waals surface area contributed by atoms with Crippen LogP contribution in [0.1, 0.15) is 61.3 Å². The molecular weight excluding hydrogens is 332 g/mol. The summed E-state index contributed by atoms with van der Waals surface area (Å²) in [4.78, 5) is 39.3. The van der Waals surface area contributed by atoms with Gasteiger partial charge in [-0.25, -0.2) is 0 Å². The maximum absolute atomic E-state index is 13.4. The van der Waals surface area contributed by atoms with Crippen molar-refractivity contribution in [3.63, 3.8) is 0 Å². The standard InChI is InChI=1S/C21H30O5/c1-11(2)8-9-21-10-13(19(5,6)26)20(7,18(21)25)16(23)14(17(21)24)15(22)12(3)4/h8,12-13,24,26H,9-10H2,1-7H3/t13-,20-,21+/m0/s1. The molecule has 0 aromatic rings. The van der Waals surface area contributed by atoms with Crippen LogP contribution in [0.25, 0.3) is 0 Å². The van der Waals surface area contributed by atoms with Crippen LogP contribution in [-0.4, -0.2) is 33.2 Å². The van der Waals surface area contributed by atoms with Gasteiger partial charge in [-0.05, 0) is 47.5 Å². The second-order valence-corrected chi connectivity index (χ2v) is 9.08. The summed E-state index contributed by atoms with van der Waals surface area (Å²) in [7, 11) is 0. The molecule has 0 heterocycles. The van der Waals surface area contributed by atoms with Crippen LogP contribution in [0.2, 0.25) is 0 Å². The second kappa shape index (κ2) is 6.15. The zero-order valence-electron chi connectivity index (χ0n) is 16.8. The molecule has 0 aromatic carbocycles. The van der Waals surface area contributed by atoms with Crippen LogP contribution in [0.4, 0.5) is 0 Å². The van der Waals surface area contributed by atoms with E-state index in [4.69, 9.17) is 0 Å². The Hall–Kier alpha value is -1.75. The first-order valence-electron chi connectivity index (χ1n) is 9.14. The Kier molecular flexibility index (Phi) is 4.87. The summed E-state index contributed by atoms with van der Waals surface area (Å²) in [5, 5.41) is 21.7. The normalized spacial score (nSPS) is 31.7. The molecule has 5 heteroatoms. The minimum absolute atomic E-state index is 0.141. The largest absolute Gasteiger partial charge is 0.510 e. The van der Waals surface area contributed by atoms with Crippen molar-refractivity contribution in [2.45, 2.75) is 66.9 Å². The highest BCUT2D eigenvalue weighted by molar-refractivity contribution is 6.32. The molecule has 0 spiro atoms. The van der Waals surface area contributed by atoms with E-state index in [1.165, 1.54) is 6.92 Å². The average Bonchev–Trinajstić information content (AvgIpc) is 2.71. The lowest BCUT2D eigenvalue weighted by Crippen LogP contribution is -2.52. The van der Waals surface area contributed by atoms with Crippen molar-refractivity contribution in [1.29, 1.82) is 0 Å². The van der Waals surface area contributed by atoms with Crippen molar-refractivity contribution < 1.29 is 24.6 Å². The highest BCUT2D eigenvalue weighted by Crippen LogP contribution is 2.62. The maximum atomic E-state index is 13.4. The van der Waals surface area contributed by atoms with Gasteiger partial charge in [0.15, 0.2) is 17.3 Å². The topological polar surface area (TPSA) is 91.7 Å². The summed E-state index contributed by atoms with van der Waals surface area (Å²) in [5.41, 5.74) is -3.42. The van der Waals surface area contributed by atoms with Gasteiger partial charge in [-0.15, -0.1) is 0 Å². The number of allylic oxidation sites excluding steroid dienone is 4. The lowest BCUT2D eigenvalue weighted by molar-refractivity contribution is -0.147. The van der Waals surface area contributed by atoms with Crippen molar-refractivity contribution >= 4 is 17.3 Å². The molecule has 144 valence electrons. The summed E-state index contributed by atoms with van der Waals surface area (Å²) in [6.45, 7) is 11.7. The van der Waals surface area contributed by atoms with Crippen LogP contribution in [0.5, 0.6) is 0 Å². The fraction of sp³-hybridized carbons (Fsp3) is 0.667. The van der Waals surface area contributed by atoms with Crippen LogP contribution < -0.4 is 0 Å². The number of hydrogen-bond donors (Lipinski definition) is 2. The third-order valence-electron chi connectivity index (χ3n) is 6.03. The zero-order chi connectivity index (χ0) is 20.2. The van der Waals surface area contributed by atoms with Crippen LogP contribution in [0.3, 0.4) is 0 Å². The summed E-state index contributed by atoms with van der Waals surface area (Å²) in [6.07, 6.45) is 2.20. The lowest BCUT2D eigenvalue weighted by atomic mass is 9.62. The van der Waals surface area contributed by atoms with E-state index < -0.39 is 51.4 Å². The summed E-state index contributed by atoms with van der Waals surface area (Å²) < 4.78 is 0. The molecule has 1 fully saturated rings.